The van der Waals surface area contributed by atoms with Crippen LogP contribution >= 0.6 is 0 Å². The highest BCUT2D eigenvalue weighted by Gasteiger charge is 2.37. The van der Waals surface area contributed by atoms with Crippen molar-refractivity contribution < 1.29 is 9.53 Å². The number of hydrogen-bond acceptors (Lipinski definition) is 3. The third-order valence-corrected chi connectivity index (χ3v) is 5.52. The van der Waals surface area contributed by atoms with Crippen molar-refractivity contribution in [3.63, 3.8) is 0 Å². The molecule has 5 heteroatoms. The molecule has 5 nitrogen and oxygen atoms in total. The summed E-state index contributed by atoms with van der Waals surface area (Å²) in [7, 11) is 1.71. The second kappa shape index (κ2) is 7.00. The third-order valence-electron chi connectivity index (χ3n) is 5.52. The molecule has 2 aliphatic rings. The summed E-state index contributed by atoms with van der Waals surface area (Å²) in [6.07, 6.45) is 9.70. The molecule has 0 radical (unpaired) electrons. The van der Waals surface area contributed by atoms with Crippen molar-refractivity contribution >= 4 is 5.91 Å². The Labute approximate surface area is 148 Å². The molecule has 1 aliphatic carbocycles. The van der Waals surface area contributed by atoms with Crippen LogP contribution in [0.1, 0.15) is 47.8 Å². The van der Waals surface area contributed by atoms with Gasteiger partial charge in [-0.25, -0.2) is 4.98 Å². The van der Waals surface area contributed by atoms with Crippen LogP contribution in [0.3, 0.4) is 0 Å². The average molecular weight is 339 g/mol. The van der Waals surface area contributed by atoms with Gasteiger partial charge in [0.25, 0.3) is 0 Å². The third kappa shape index (κ3) is 3.33. The maximum absolute atomic E-state index is 13.0. The summed E-state index contributed by atoms with van der Waals surface area (Å²) in [5.74, 6) is 0.995. The molecular weight excluding hydrogens is 314 g/mol. The molecule has 2 aromatic rings. The summed E-state index contributed by atoms with van der Waals surface area (Å²) in [6.45, 7) is 0.631. The zero-order chi connectivity index (χ0) is 17.2. The van der Waals surface area contributed by atoms with E-state index in [-0.39, 0.29) is 18.1 Å². The molecule has 1 fully saturated rings. The highest BCUT2D eigenvalue weighted by molar-refractivity contribution is 5.79. The number of carbonyl (C=O) groups is 1. The van der Waals surface area contributed by atoms with Gasteiger partial charge in [-0.1, -0.05) is 18.2 Å². The molecule has 1 unspecified atom stereocenters. The van der Waals surface area contributed by atoms with E-state index in [1.54, 1.807) is 13.3 Å². The second-order valence-corrected chi connectivity index (χ2v) is 7.12. The number of amides is 1. The van der Waals surface area contributed by atoms with Crippen molar-refractivity contribution in [1.82, 2.24) is 14.9 Å². The number of likely N-dealkylation sites (tertiary alicyclic amines) is 1. The number of nitrogens with zero attached hydrogens (tertiary/aromatic N) is 2. The maximum Gasteiger partial charge on any atom is 0.227 e. The van der Waals surface area contributed by atoms with Gasteiger partial charge in [0.05, 0.1) is 18.6 Å². The monoisotopic (exact) mass is 339 g/mol. The van der Waals surface area contributed by atoms with Gasteiger partial charge in [-0.2, -0.15) is 0 Å². The van der Waals surface area contributed by atoms with Crippen LogP contribution in [0.5, 0.6) is 0 Å². The summed E-state index contributed by atoms with van der Waals surface area (Å²) >= 11 is 0. The first-order valence-corrected chi connectivity index (χ1v) is 9.17. The number of aromatic amines is 1. The van der Waals surface area contributed by atoms with Gasteiger partial charge >= 0.3 is 0 Å². The van der Waals surface area contributed by atoms with Gasteiger partial charge in [-0.05, 0) is 42.4 Å². The lowest BCUT2D eigenvalue weighted by molar-refractivity contribution is -0.131. The lowest BCUT2D eigenvalue weighted by Gasteiger charge is -2.23. The molecule has 1 aromatic heterocycles. The second-order valence-electron chi connectivity index (χ2n) is 7.12. The predicted molar refractivity (Wildman–Crippen MR) is 95.2 cm³/mol. The van der Waals surface area contributed by atoms with Crippen molar-refractivity contribution in [2.24, 2.45) is 0 Å². The summed E-state index contributed by atoms with van der Waals surface area (Å²) in [4.78, 5) is 22.4. The summed E-state index contributed by atoms with van der Waals surface area (Å²) in [6, 6.07) is 6.54. The van der Waals surface area contributed by atoms with E-state index in [1.165, 1.54) is 30.4 Å². The van der Waals surface area contributed by atoms with Crippen LogP contribution < -0.4 is 0 Å². The highest BCUT2D eigenvalue weighted by atomic mass is 16.5. The molecule has 1 aliphatic heterocycles. The van der Waals surface area contributed by atoms with Gasteiger partial charge in [0, 0.05) is 32.5 Å². The van der Waals surface area contributed by atoms with E-state index in [0.29, 0.717) is 13.0 Å². The standard InChI is InChI=1S/C20H25N3O2/c1-25-17-12-18(20-21-8-9-22-20)23(13-17)19(24)11-14-6-7-15-4-2-3-5-16(15)10-14/h6-10,17-18H,2-5,11-13H2,1H3,(H,21,22)/t17-,18?/m1/s1. The summed E-state index contributed by atoms with van der Waals surface area (Å²) in [5, 5.41) is 0. The number of aryl methyl sites for hydroxylation is 2. The first kappa shape index (κ1) is 16.3. The number of rotatable bonds is 4. The van der Waals surface area contributed by atoms with Crippen LogP contribution in [0.2, 0.25) is 0 Å². The number of aromatic nitrogens is 2. The minimum Gasteiger partial charge on any atom is -0.380 e. The Kier molecular flexibility index (Phi) is 4.57. The van der Waals surface area contributed by atoms with Gasteiger partial charge in [0.1, 0.15) is 5.82 Å². The lowest BCUT2D eigenvalue weighted by atomic mass is 9.90. The quantitative estimate of drug-likeness (QED) is 0.932. The van der Waals surface area contributed by atoms with Crippen LogP contribution in [0, 0.1) is 0 Å². The molecule has 1 aromatic carbocycles. The summed E-state index contributed by atoms with van der Waals surface area (Å²) < 4.78 is 5.51. The Hall–Kier alpha value is -2.14. The number of methoxy groups -OCH3 is 1. The molecule has 132 valence electrons. The SMILES string of the molecule is CO[C@@H]1CC(c2ncc[nH]2)N(C(=O)Cc2ccc3c(c2)CCCC3)C1. The van der Waals surface area contributed by atoms with Gasteiger partial charge in [-0.15, -0.1) is 0 Å². The smallest absolute Gasteiger partial charge is 0.227 e. The van der Waals surface area contributed by atoms with Crippen molar-refractivity contribution in [1.29, 1.82) is 0 Å². The van der Waals surface area contributed by atoms with Crippen LogP contribution in [0.15, 0.2) is 30.6 Å². The fourth-order valence-electron chi connectivity index (χ4n) is 4.14. The number of ether oxygens (including phenoxy) is 1. The van der Waals surface area contributed by atoms with Gasteiger partial charge < -0.3 is 14.6 Å². The van der Waals surface area contributed by atoms with E-state index in [1.807, 2.05) is 11.1 Å². The van der Waals surface area contributed by atoms with Crippen LogP contribution in [-0.2, 0) is 28.8 Å². The molecule has 25 heavy (non-hydrogen) atoms. The first-order chi connectivity index (χ1) is 12.2. The van der Waals surface area contributed by atoms with Crippen LogP contribution in [-0.4, -0.2) is 40.5 Å². The fourth-order valence-corrected chi connectivity index (χ4v) is 4.14. The minimum absolute atomic E-state index is 0.0231. The number of nitrogens with one attached hydrogen (secondary N) is 1. The van der Waals surface area contributed by atoms with E-state index in [9.17, 15) is 4.79 Å². The normalized spacial score (nSPS) is 22.8. The fraction of sp³-hybridized carbons (Fsp3) is 0.500. The van der Waals surface area contributed by atoms with Crippen molar-refractivity contribution in [2.45, 2.75) is 50.7 Å². The first-order valence-electron chi connectivity index (χ1n) is 9.17. The van der Waals surface area contributed by atoms with E-state index in [4.69, 9.17) is 4.74 Å². The van der Waals surface area contributed by atoms with Gasteiger partial charge in [-0.3, -0.25) is 4.79 Å². The zero-order valence-corrected chi connectivity index (χ0v) is 14.7. The molecule has 0 spiro atoms. The Balaban J connectivity index is 1.51. The molecule has 0 saturated carbocycles. The number of fused-ring (bicyclic) bond motifs is 1. The molecule has 1 saturated heterocycles. The maximum atomic E-state index is 13.0. The van der Waals surface area contributed by atoms with Crippen molar-refractivity contribution in [3.8, 4) is 0 Å². The Bertz CT molecular complexity index is 741. The van der Waals surface area contributed by atoms with Crippen molar-refractivity contribution in [3.05, 3.63) is 53.1 Å². The van der Waals surface area contributed by atoms with Crippen LogP contribution in [0.4, 0.5) is 0 Å². The van der Waals surface area contributed by atoms with E-state index in [2.05, 4.69) is 28.2 Å². The van der Waals surface area contributed by atoms with Gasteiger partial charge in [0.2, 0.25) is 5.91 Å². The Morgan fingerprint density at radius 1 is 1.32 bits per heavy atom. The number of H-pyrrole nitrogens is 1. The van der Waals surface area contributed by atoms with E-state index < -0.39 is 0 Å². The molecule has 1 N–H and O–H groups in total. The average Bonchev–Trinajstić information content (AvgIpc) is 3.30. The molecule has 1 amide bonds. The zero-order valence-electron chi connectivity index (χ0n) is 14.7. The molecule has 0 bridgehead atoms. The van der Waals surface area contributed by atoms with Crippen molar-refractivity contribution in [2.75, 3.05) is 13.7 Å². The number of imidazole rings is 1. The summed E-state index contributed by atoms with van der Waals surface area (Å²) in [5.41, 5.74) is 4.00. The lowest BCUT2D eigenvalue weighted by Crippen LogP contribution is -2.33. The topological polar surface area (TPSA) is 58.2 Å². The minimum atomic E-state index is -0.0231. The molecule has 2 atom stereocenters. The Morgan fingerprint density at radius 3 is 2.92 bits per heavy atom. The van der Waals surface area contributed by atoms with E-state index in [0.717, 1.165) is 24.2 Å². The highest BCUT2D eigenvalue weighted by Crippen LogP contribution is 2.32. The number of hydrogen-bond donors (Lipinski definition) is 1. The van der Waals surface area contributed by atoms with E-state index >= 15 is 0 Å². The molecule has 2 heterocycles. The predicted octanol–water partition coefficient (Wildman–Crippen LogP) is 2.82. The Morgan fingerprint density at radius 2 is 2.16 bits per heavy atom. The molecule has 4 rings (SSSR count). The largest absolute Gasteiger partial charge is 0.380 e. The number of benzene rings is 1. The van der Waals surface area contributed by atoms with Crippen LogP contribution in [0.25, 0.3) is 0 Å². The van der Waals surface area contributed by atoms with Gasteiger partial charge in [0.15, 0.2) is 0 Å². The molecular formula is C20H25N3O2. The number of carbonyl (C=O) groups excluding carboxylic acids is 1.